The van der Waals surface area contributed by atoms with E-state index in [9.17, 15) is 0 Å². The summed E-state index contributed by atoms with van der Waals surface area (Å²) in [6.07, 6.45) is 39.8. The van der Waals surface area contributed by atoms with Gasteiger partial charge in [-0.05, 0) is 171 Å². The number of anilines is 7. The van der Waals surface area contributed by atoms with Crippen LogP contribution in [0.15, 0.2) is 283 Å². The minimum Gasteiger partial charge on any atom is -0.315 e. The van der Waals surface area contributed by atoms with Gasteiger partial charge in [0.25, 0.3) is 0 Å². The number of para-hydroxylation sites is 3. The lowest BCUT2D eigenvalue weighted by Gasteiger charge is -2.31. The molecule has 0 aromatic heterocycles. The van der Waals surface area contributed by atoms with E-state index in [1.165, 1.54) is 28.2 Å². The second-order valence-corrected chi connectivity index (χ2v) is 16.7. The first-order chi connectivity index (χ1) is 32.8. The average molecular weight is 855 g/mol. The molecule has 4 nitrogen and oxygen atoms in total. The largest absolute Gasteiger partial charge is 0.315 e. The molecule has 6 aromatic rings. The van der Waals surface area contributed by atoms with Gasteiger partial charge in [-0.25, -0.2) is 0 Å². The molecule has 322 valence electrons. The third kappa shape index (κ3) is 9.40. The monoisotopic (exact) mass is 854 g/mol. The Bertz CT molecular complexity index is 2890. The molecule has 10 rings (SSSR count). The highest BCUT2D eigenvalue weighted by molar-refractivity contribution is 5.80. The van der Waals surface area contributed by atoms with Gasteiger partial charge in [-0.1, -0.05) is 134 Å². The molecule has 66 heavy (non-hydrogen) atoms. The molecule has 4 aliphatic rings. The molecule has 0 N–H and O–H groups in total. The summed E-state index contributed by atoms with van der Waals surface area (Å²) < 4.78 is 0. The standard InChI is InChI=1S/C62H54N4/c1-2-9-22-55(21-8-1)65(58-34-20-33-57(43-44-58)63(51-23-10-3-11-24-51)52-25-12-4-13-26-52)59-39-35-49(36-40-59)50-37-41-60(42-38-50)66(56-31-18-7-19-32-56)62-47-45-61(46-48-62)64(53-27-14-5-15-28-53)54-29-16-6-17-30-54/h1,3-5,7-14,16,18-19,21-27,29-48H,2,6,15,17,20,28H2. The van der Waals surface area contributed by atoms with Gasteiger partial charge < -0.3 is 19.6 Å². The summed E-state index contributed by atoms with van der Waals surface area (Å²) in [4.78, 5) is 9.48. The molecule has 4 aliphatic carbocycles. The Morgan fingerprint density at radius 2 is 0.758 bits per heavy atom. The molecule has 4 heteroatoms. The van der Waals surface area contributed by atoms with E-state index in [2.05, 4.69) is 275 Å². The van der Waals surface area contributed by atoms with E-state index in [1.807, 2.05) is 0 Å². The fraction of sp³-hybridized carbons (Fsp3) is 0.0968. The fourth-order valence-electron chi connectivity index (χ4n) is 9.11. The van der Waals surface area contributed by atoms with Crippen LogP contribution in [-0.2, 0) is 0 Å². The molecule has 0 radical (unpaired) electrons. The van der Waals surface area contributed by atoms with Crippen molar-refractivity contribution in [3.63, 3.8) is 0 Å². The summed E-state index contributed by atoms with van der Waals surface area (Å²) in [6.45, 7) is 0. The van der Waals surface area contributed by atoms with Crippen LogP contribution in [-0.4, -0.2) is 0 Å². The maximum Gasteiger partial charge on any atom is 0.0463 e. The van der Waals surface area contributed by atoms with Crippen LogP contribution in [0.4, 0.5) is 39.8 Å². The predicted octanol–water partition coefficient (Wildman–Crippen LogP) is 16.9. The molecule has 0 fully saturated rings. The lowest BCUT2D eigenvalue weighted by atomic mass is 10.0. The zero-order chi connectivity index (χ0) is 44.3. The van der Waals surface area contributed by atoms with Crippen molar-refractivity contribution in [2.45, 2.75) is 38.5 Å². The van der Waals surface area contributed by atoms with Gasteiger partial charge in [0.15, 0.2) is 0 Å². The lowest BCUT2D eigenvalue weighted by molar-refractivity contribution is 0.887. The predicted molar refractivity (Wildman–Crippen MR) is 280 cm³/mol. The van der Waals surface area contributed by atoms with Gasteiger partial charge >= 0.3 is 0 Å². The average Bonchev–Trinajstić information content (AvgIpc) is 3.81. The first kappa shape index (κ1) is 41.9. The molecule has 0 aliphatic heterocycles. The van der Waals surface area contributed by atoms with Crippen molar-refractivity contribution in [3.8, 4) is 11.1 Å². The Morgan fingerprint density at radius 3 is 1.30 bits per heavy atom. The van der Waals surface area contributed by atoms with Crippen LogP contribution < -0.4 is 19.6 Å². The third-order valence-corrected chi connectivity index (χ3v) is 12.3. The fourth-order valence-corrected chi connectivity index (χ4v) is 9.11. The van der Waals surface area contributed by atoms with Gasteiger partial charge in [-0.15, -0.1) is 0 Å². The van der Waals surface area contributed by atoms with Gasteiger partial charge in [0.2, 0.25) is 0 Å². The number of hydrogen-bond donors (Lipinski definition) is 0. The Labute approximate surface area is 390 Å². The summed E-state index contributed by atoms with van der Waals surface area (Å²) in [5.41, 5.74) is 16.2. The van der Waals surface area contributed by atoms with E-state index < -0.39 is 0 Å². The van der Waals surface area contributed by atoms with Gasteiger partial charge in [0, 0.05) is 68.3 Å². The minimum absolute atomic E-state index is 0.788. The maximum absolute atomic E-state index is 2.43. The van der Waals surface area contributed by atoms with Crippen LogP contribution >= 0.6 is 0 Å². The number of rotatable bonds is 13. The minimum atomic E-state index is 0.788. The highest BCUT2D eigenvalue weighted by Gasteiger charge is 2.21. The third-order valence-electron chi connectivity index (χ3n) is 12.3. The summed E-state index contributed by atoms with van der Waals surface area (Å²) in [5.74, 6) is 0. The summed E-state index contributed by atoms with van der Waals surface area (Å²) in [5, 5.41) is 0. The van der Waals surface area contributed by atoms with Crippen molar-refractivity contribution in [3.05, 3.63) is 283 Å². The molecule has 0 spiro atoms. The topological polar surface area (TPSA) is 13.0 Å². The Balaban J connectivity index is 0.924. The highest BCUT2D eigenvalue weighted by atomic mass is 15.2. The summed E-state index contributed by atoms with van der Waals surface area (Å²) in [6, 6.07) is 58.9. The van der Waals surface area contributed by atoms with Gasteiger partial charge in [0.05, 0.1) is 0 Å². The molecule has 0 amide bonds. The maximum atomic E-state index is 2.43. The summed E-state index contributed by atoms with van der Waals surface area (Å²) in [7, 11) is 0. The van der Waals surface area contributed by atoms with Crippen molar-refractivity contribution in [1.82, 2.24) is 0 Å². The quantitative estimate of drug-likeness (QED) is 0.115. The van der Waals surface area contributed by atoms with E-state index in [4.69, 9.17) is 0 Å². The zero-order valence-corrected chi connectivity index (χ0v) is 37.3. The number of nitrogens with zero attached hydrogens (tertiary/aromatic N) is 4. The van der Waals surface area contributed by atoms with Crippen LogP contribution in [0.25, 0.3) is 11.1 Å². The van der Waals surface area contributed by atoms with E-state index >= 15 is 0 Å². The van der Waals surface area contributed by atoms with Gasteiger partial charge in [-0.3, -0.25) is 0 Å². The van der Waals surface area contributed by atoms with Crippen LogP contribution in [0.1, 0.15) is 38.5 Å². The van der Waals surface area contributed by atoms with Crippen molar-refractivity contribution in [2.75, 3.05) is 19.6 Å². The number of benzene rings is 6. The normalized spacial score (nSPS) is 15.4. The van der Waals surface area contributed by atoms with E-state index in [-0.39, 0.29) is 0 Å². The van der Waals surface area contributed by atoms with Crippen LogP contribution in [0, 0.1) is 0 Å². The molecule has 0 saturated heterocycles. The van der Waals surface area contributed by atoms with E-state index in [0.29, 0.717) is 0 Å². The molecule has 0 heterocycles. The first-order valence-electron chi connectivity index (χ1n) is 23.3. The zero-order valence-electron chi connectivity index (χ0n) is 37.3. The Morgan fingerprint density at radius 1 is 0.288 bits per heavy atom. The van der Waals surface area contributed by atoms with Gasteiger partial charge in [-0.2, -0.15) is 0 Å². The molecule has 0 unspecified atom stereocenters. The second-order valence-electron chi connectivity index (χ2n) is 16.7. The van der Waals surface area contributed by atoms with Gasteiger partial charge in [0.1, 0.15) is 0 Å². The van der Waals surface area contributed by atoms with Crippen LogP contribution in [0.5, 0.6) is 0 Å². The highest BCUT2D eigenvalue weighted by Crippen LogP contribution is 2.40. The van der Waals surface area contributed by atoms with Crippen LogP contribution in [0.2, 0.25) is 0 Å². The second kappa shape index (κ2) is 20.2. The number of hydrogen-bond acceptors (Lipinski definition) is 4. The molecular weight excluding hydrogens is 801 g/mol. The van der Waals surface area contributed by atoms with Crippen molar-refractivity contribution in [2.24, 2.45) is 0 Å². The molecular formula is C62H54N4. The SMILES string of the molecule is C1=CCC=CC(N(C2=CCC=C(N(c3ccccc3)c3ccccc3)C=C2)c2ccc(-c3ccc(N(c4ccccc4)c4ccc(N(C5=CCCC=C5)C5=CC=CCC5)cc4)cc3)cc2)=C1. The smallest absolute Gasteiger partial charge is 0.0463 e. The number of allylic oxidation sites excluding steroid dienone is 16. The molecule has 6 aromatic carbocycles. The van der Waals surface area contributed by atoms with Crippen molar-refractivity contribution in [1.29, 1.82) is 0 Å². The Kier molecular flexibility index (Phi) is 12.8. The molecule has 0 atom stereocenters. The van der Waals surface area contributed by atoms with Crippen molar-refractivity contribution < 1.29 is 0 Å². The lowest BCUT2D eigenvalue weighted by Crippen LogP contribution is -2.22. The summed E-state index contributed by atoms with van der Waals surface area (Å²) >= 11 is 0. The van der Waals surface area contributed by atoms with Crippen molar-refractivity contribution >= 4 is 39.8 Å². The molecule has 0 saturated carbocycles. The first-order valence-corrected chi connectivity index (χ1v) is 23.3. The van der Waals surface area contributed by atoms with Crippen LogP contribution in [0.3, 0.4) is 0 Å². The van der Waals surface area contributed by atoms with E-state index in [0.717, 1.165) is 89.7 Å². The van der Waals surface area contributed by atoms with E-state index in [1.54, 1.807) is 0 Å². The molecule has 0 bridgehead atoms. The Hall–Kier alpha value is -8.08.